The quantitative estimate of drug-likeness (QED) is 0.834. The van der Waals surface area contributed by atoms with Gasteiger partial charge >= 0.3 is 5.97 Å². The molecule has 3 nitrogen and oxygen atoms in total. The van der Waals surface area contributed by atoms with Crippen molar-refractivity contribution in [2.75, 3.05) is 0 Å². The molecule has 3 rings (SSSR count). The lowest BCUT2D eigenvalue weighted by Gasteiger charge is -2.24. The predicted molar refractivity (Wildman–Crippen MR) is 85.3 cm³/mol. The summed E-state index contributed by atoms with van der Waals surface area (Å²) in [7, 11) is 0. The smallest absolute Gasteiger partial charge is 0.328 e. The molecule has 1 N–H and O–H groups in total. The molecule has 1 fully saturated rings. The minimum absolute atomic E-state index is 0.623. The molecule has 1 aromatic carbocycles. The second-order valence-corrected chi connectivity index (χ2v) is 5.95. The highest BCUT2D eigenvalue weighted by atomic mass is 16.4. The van der Waals surface area contributed by atoms with Crippen molar-refractivity contribution in [3.05, 3.63) is 42.1 Å². The summed E-state index contributed by atoms with van der Waals surface area (Å²) < 4.78 is 2.40. The van der Waals surface area contributed by atoms with Gasteiger partial charge < -0.3 is 9.67 Å². The number of allylic oxidation sites excluding steroid dienone is 1. The van der Waals surface area contributed by atoms with Gasteiger partial charge in [0, 0.05) is 29.2 Å². The van der Waals surface area contributed by atoms with Gasteiger partial charge in [0.05, 0.1) is 0 Å². The zero-order valence-corrected chi connectivity index (χ0v) is 12.4. The van der Waals surface area contributed by atoms with Crippen LogP contribution in [0.5, 0.6) is 0 Å². The first-order valence-electron chi connectivity index (χ1n) is 7.67. The summed E-state index contributed by atoms with van der Waals surface area (Å²) in [5, 5.41) is 10.0. The van der Waals surface area contributed by atoms with Gasteiger partial charge in [0.1, 0.15) is 0 Å². The summed E-state index contributed by atoms with van der Waals surface area (Å²) >= 11 is 0. The molecule has 110 valence electrons. The van der Waals surface area contributed by atoms with Crippen LogP contribution in [0.4, 0.5) is 0 Å². The molecule has 0 radical (unpaired) electrons. The Morgan fingerprint density at radius 3 is 2.71 bits per heavy atom. The van der Waals surface area contributed by atoms with Gasteiger partial charge in [-0.25, -0.2) is 4.79 Å². The van der Waals surface area contributed by atoms with E-state index in [4.69, 9.17) is 5.11 Å². The van der Waals surface area contributed by atoms with E-state index in [9.17, 15) is 4.79 Å². The molecule has 1 aliphatic carbocycles. The first kappa shape index (κ1) is 13.9. The number of hydrogen-bond donors (Lipinski definition) is 1. The van der Waals surface area contributed by atoms with E-state index in [0.717, 1.165) is 11.1 Å². The van der Waals surface area contributed by atoms with Crippen LogP contribution in [-0.4, -0.2) is 15.6 Å². The fourth-order valence-corrected chi connectivity index (χ4v) is 3.36. The number of carboxylic acids is 1. The van der Waals surface area contributed by atoms with Crippen LogP contribution in [0.2, 0.25) is 0 Å². The van der Waals surface area contributed by atoms with Crippen molar-refractivity contribution in [2.45, 2.75) is 45.1 Å². The molecule has 0 saturated heterocycles. The molecule has 0 atom stereocenters. The summed E-state index contributed by atoms with van der Waals surface area (Å²) in [4.78, 5) is 10.8. The number of carboxylic acid groups (broad SMARTS) is 1. The third-order valence-corrected chi connectivity index (χ3v) is 4.48. The van der Waals surface area contributed by atoms with Crippen molar-refractivity contribution in [1.29, 1.82) is 0 Å². The van der Waals surface area contributed by atoms with Crippen LogP contribution in [0, 0.1) is 0 Å². The van der Waals surface area contributed by atoms with Gasteiger partial charge in [-0.05, 0) is 49.1 Å². The van der Waals surface area contributed by atoms with E-state index in [2.05, 4.69) is 29.0 Å². The van der Waals surface area contributed by atoms with Crippen molar-refractivity contribution in [1.82, 2.24) is 4.57 Å². The van der Waals surface area contributed by atoms with Crippen LogP contribution in [0.3, 0.4) is 0 Å². The van der Waals surface area contributed by atoms with Gasteiger partial charge in [0.15, 0.2) is 0 Å². The lowest BCUT2D eigenvalue weighted by molar-refractivity contribution is -0.131. The van der Waals surface area contributed by atoms with E-state index >= 15 is 0 Å². The van der Waals surface area contributed by atoms with Gasteiger partial charge in [-0.3, -0.25) is 0 Å². The molecule has 2 aromatic rings. The second kappa shape index (κ2) is 5.76. The van der Waals surface area contributed by atoms with E-state index in [1.165, 1.54) is 49.1 Å². The maximum absolute atomic E-state index is 10.8. The molecule has 0 unspecified atom stereocenters. The largest absolute Gasteiger partial charge is 0.478 e. The highest BCUT2D eigenvalue weighted by Crippen LogP contribution is 2.32. The van der Waals surface area contributed by atoms with E-state index in [1.54, 1.807) is 0 Å². The lowest BCUT2D eigenvalue weighted by Crippen LogP contribution is -2.11. The Balaban J connectivity index is 1.95. The zero-order chi connectivity index (χ0) is 14.8. The van der Waals surface area contributed by atoms with Crippen molar-refractivity contribution in [3.8, 4) is 0 Å². The first-order chi connectivity index (χ1) is 10.1. The van der Waals surface area contributed by atoms with E-state index in [0.29, 0.717) is 6.04 Å². The van der Waals surface area contributed by atoms with Gasteiger partial charge in [-0.1, -0.05) is 25.3 Å². The number of aliphatic carboxylic acids is 1. The summed E-state index contributed by atoms with van der Waals surface area (Å²) in [6, 6.07) is 9.00. The van der Waals surface area contributed by atoms with E-state index in [-0.39, 0.29) is 0 Å². The van der Waals surface area contributed by atoms with Crippen molar-refractivity contribution < 1.29 is 9.90 Å². The number of rotatable bonds is 3. The molecule has 0 spiro atoms. The fourth-order valence-electron chi connectivity index (χ4n) is 3.36. The number of nitrogens with zero attached hydrogens (tertiary/aromatic N) is 1. The normalized spacial score (nSPS) is 17.3. The number of hydrogen-bond acceptors (Lipinski definition) is 1. The van der Waals surface area contributed by atoms with Crippen LogP contribution in [0.25, 0.3) is 16.5 Å². The fraction of sp³-hybridized carbons (Fsp3) is 0.389. The first-order valence-corrected chi connectivity index (χ1v) is 7.67. The molecular weight excluding hydrogens is 262 g/mol. The molecule has 1 heterocycles. The van der Waals surface area contributed by atoms with Gasteiger partial charge in [-0.15, -0.1) is 0 Å². The molecule has 1 aromatic heterocycles. The Morgan fingerprint density at radius 1 is 1.24 bits per heavy atom. The van der Waals surface area contributed by atoms with Gasteiger partial charge in [-0.2, -0.15) is 0 Å². The molecule has 0 aliphatic heterocycles. The number of fused-ring (bicyclic) bond motifs is 1. The molecule has 21 heavy (non-hydrogen) atoms. The third-order valence-electron chi connectivity index (χ3n) is 4.48. The second-order valence-electron chi connectivity index (χ2n) is 5.95. The zero-order valence-electron chi connectivity index (χ0n) is 12.4. The third kappa shape index (κ3) is 2.87. The molecule has 3 heteroatoms. The van der Waals surface area contributed by atoms with Crippen LogP contribution >= 0.6 is 0 Å². The Morgan fingerprint density at radius 2 is 2.00 bits per heavy atom. The maximum atomic E-state index is 10.8. The van der Waals surface area contributed by atoms with Crippen LogP contribution in [0.1, 0.15) is 50.6 Å². The van der Waals surface area contributed by atoms with Gasteiger partial charge in [0.2, 0.25) is 0 Å². The molecule has 0 amide bonds. The van der Waals surface area contributed by atoms with Crippen LogP contribution in [-0.2, 0) is 4.79 Å². The van der Waals surface area contributed by atoms with Crippen LogP contribution in [0.15, 0.2) is 36.5 Å². The maximum Gasteiger partial charge on any atom is 0.328 e. The average molecular weight is 283 g/mol. The number of benzene rings is 1. The minimum Gasteiger partial charge on any atom is -0.478 e. The SMILES string of the molecule is C/C(=C\C(=O)O)c1ccc2c(ccn2C2CCCCC2)c1. The Bertz CT molecular complexity index is 690. The summed E-state index contributed by atoms with van der Waals surface area (Å²) in [6.07, 6.45) is 9.98. The highest BCUT2D eigenvalue weighted by molar-refractivity contribution is 5.91. The Labute approximate surface area is 124 Å². The standard InChI is InChI=1S/C18H21NO2/c1-13(11-18(20)21)14-7-8-17-15(12-14)9-10-19(17)16-5-3-2-4-6-16/h7-12,16H,2-6H2,1H3,(H,20,21)/b13-11+. The predicted octanol–water partition coefficient (Wildman–Crippen LogP) is 4.63. The number of aromatic nitrogens is 1. The molecule has 1 saturated carbocycles. The van der Waals surface area contributed by atoms with E-state index < -0.39 is 5.97 Å². The highest BCUT2D eigenvalue weighted by Gasteiger charge is 2.16. The monoisotopic (exact) mass is 283 g/mol. The average Bonchev–Trinajstić information content (AvgIpc) is 2.90. The lowest BCUT2D eigenvalue weighted by atomic mass is 9.95. The van der Waals surface area contributed by atoms with Crippen molar-refractivity contribution in [2.24, 2.45) is 0 Å². The Kier molecular flexibility index (Phi) is 3.82. The summed E-state index contributed by atoms with van der Waals surface area (Å²) in [6.45, 7) is 1.84. The summed E-state index contributed by atoms with van der Waals surface area (Å²) in [5.74, 6) is -0.896. The minimum atomic E-state index is -0.896. The van der Waals surface area contributed by atoms with E-state index in [1.807, 2.05) is 13.0 Å². The summed E-state index contributed by atoms with van der Waals surface area (Å²) in [5.41, 5.74) is 3.02. The van der Waals surface area contributed by atoms with Gasteiger partial charge in [0.25, 0.3) is 0 Å². The number of carbonyl (C=O) groups is 1. The topological polar surface area (TPSA) is 42.2 Å². The Hall–Kier alpha value is -2.03. The molecule has 1 aliphatic rings. The molecular formula is C18H21NO2. The van der Waals surface area contributed by atoms with Crippen molar-refractivity contribution >= 4 is 22.4 Å². The van der Waals surface area contributed by atoms with Crippen LogP contribution < -0.4 is 0 Å². The molecule has 0 bridgehead atoms. The van der Waals surface area contributed by atoms with Crippen molar-refractivity contribution in [3.63, 3.8) is 0 Å².